The Morgan fingerprint density at radius 3 is 2.56 bits per heavy atom. The largest absolute Gasteiger partial charge is 0.474 e. The molecule has 2 aromatic heterocycles. The number of hydrogen-bond acceptors (Lipinski definition) is 3. The van der Waals surface area contributed by atoms with Crippen LogP contribution in [0, 0.1) is 0 Å². The topological polar surface area (TPSA) is 39.9 Å². The maximum absolute atomic E-state index is 6.54. The summed E-state index contributed by atoms with van der Waals surface area (Å²) in [4.78, 5) is 4.77. The number of aryl methyl sites for hydroxylation is 2. The molecule has 0 saturated heterocycles. The van der Waals surface area contributed by atoms with E-state index in [0.29, 0.717) is 0 Å². The lowest BCUT2D eigenvalue weighted by Crippen LogP contribution is -2.21. The first kappa shape index (κ1) is 17.1. The summed E-state index contributed by atoms with van der Waals surface area (Å²) >= 11 is 6.10. The highest BCUT2D eigenvalue weighted by Gasteiger charge is 2.24. The van der Waals surface area contributed by atoms with Crippen LogP contribution in [0.15, 0.2) is 30.5 Å². The summed E-state index contributed by atoms with van der Waals surface area (Å²) in [5.74, 6) is 0.833. The molecule has 0 aliphatic heterocycles. The van der Waals surface area contributed by atoms with Gasteiger partial charge in [0.15, 0.2) is 0 Å². The number of rotatable bonds is 3. The van der Waals surface area contributed by atoms with Crippen molar-refractivity contribution in [3.63, 3.8) is 0 Å². The van der Waals surface area contributed by atoms with Crippen molar-refractivity contribution < 1.29 is 4.74 Å². The highest BCUT2D eigenvalue weighted by molar-refractivity contribution is 6.30. The van der Waals surface area contributed by atoms with Gasteiger partial charge in [0.05, 0.1) is 11.1 Å². The van der Waals surface area contributed by atoms with Crippen LogP contribution in [0.4, 0.5) is 0 Å². The van der Waals surface area contributed by atoms with Gasteiger partial charge in [0, 0.05) is 22.5 Å². The van der Waals surface area contributed by atoms with Gasteiger partial charge in [0.1, 0.15) is 11.6 Å². The molecule has 3 aromatic rings. The van der Waals surface area contributed by atoms with Crippen molar-refractivity contribution in [1.29, 1.82) is 0 Å². The maximum atomic E-state index is 6.54. The molecule has 5 heteroatoms. The smallest absolute Gasteiger partial charge is 0.226 e. The van der Waals surface area contributed by atoms with Gasteiger partial charge in [-0.25, -0.2) is 0 Å². The van der Waals surface area contributed by atoms with Crippen LogP contribution < -0.4 is 4.74 Å². The summed E-state index contributed by atoms with van der Waals surface area (Å²) in [6.07, 6.45) is 12.8. The third-order valence-corrected chi connectivity index (χ3v) is 6.11. The van der Waals surface area contributed by atoms with E-state index in [1.54, 1.807) is 0 Å². The van der Waals surface area contributed by atoms with Crippen LogP contribution in [0.5, 0.6) is 5.88 Å². The second-order valence-corrected chi connectivity index (χ2v) is 8.16. The lowest BCUT2D eigenvalue weighted by Gasteiger charge is -2.23. The zero-order valence-corrected chi connectivity index (χ0v) is 16.2. The van der Waals surface area contributed by atoms with Crippen molar-refractivity contribution in [3.8, 4) is 11.6 Å². The first-order valence-corrected chi connectivity index (χ1v) is 10.5. The fourth-order valence-corrected chi connectivity index (χ4v) is 4.52. The molecule has 2 aliphatic rings. The number of nitrogens with zero attached hydrogens (tertiary/aromatic N) is 3. The molecule has 0 unspecified atom stereocenters. The molecule has 2 aliphatic carbocycles. The van der Waals surface area contributed by atoms with Crippen molar-refractivity contribution in [2.45, 2.75) is 63.9 Å². The van der Waals surface area contributed by atoms with Crippen molar-refractivity contribution in [2.75, 3.05) is 0 Å². The Kier molecular flexibility index (Phi) is 4.52. The Labute approximate surface area is 164 Å². The van der Waals surface area contributed by atoms with Crippen LogP contribution in [0.25, 0.3) is 16.6 Å². The Hall–Kier alpha value is -2.07. The van der Waals surface area contributed by atoms with Crippen LogP contribution in [0.1, 0.15) is 56.2 Å². The van der Waals surface area contributed by atoms with Gasteiger partial charge in [-0.15, -0.1) is 0 Å². The average Bonchev–Trinajstić information content (AvgIpc) is 3.08. The molecular weight excluding hydrogens is 358 g/mol. The van der Waals surface area contributed by atoms with Crippen LogP contribution in [0.3, 0.4) is 0 Å². The predicted octanol–water partition coefficient (Wildman–Crippen LogP) is 5.66. The number of hydrogen-bond donors (Lipinski definition) is 0. The third-order valence-electron chi connectivity index (χ3n) is 5.85. The minimum absolute atomic E-state index is 0.265. The van der Waals surface area contributed by atoms with E-state index >= 15 is 0 Å². The molecular formula is C22H24ClN3O. The van der Waals surface area contributed by atoms with E-state index in [9.17, 15) is 0 Å². The van der Waals surface area contributed by atoms with Gasteiger partial charge in [0.2, 0.25) is 5.88 Å². The fraction of sp³-hybridized carbons (Fsp3) is 0.455. The zero-order valence-electron chi connectivity index (χ0n) is 15.5. The van der Waals surface area contributed by atoms with Crippen LogP contribution in [0.2, 0.25) is 5.02 Å². The molecule has 4 nitrogen and oxygen atoms in total. The molecule has 0 bridgehead atoms. The average molecular weight is 382 g/mol. The molecule has 140 valence electrons. The predicted molar refractivity (Wildman–Crippen MR) is 108 cm³/mol. The Balaban J connectivity index is 1.66. The van der Waals surface area contributed by atoms with E-state index in [1.807, 2.05) is 35.1 Å². The van der Waals surface area contributed by atoms with Gasteiger partial charge in [-0.1, -0.05) is 18.0 Å². The van der Waals surface area contributed by atoms with E-state index in [4.69, 9.17) is 26.4 Å². The third kappa shape index (κ3) is 3.20. The number of pyridine rings is 1. The van der Waals surface area contributed by atoms with Crippen molar-refractivity contribution in [2.24, 2.45) is 0 Å². The summed E-state index contributed by atoms with van der Waals surface area (Å²) in [7, 11) is 0. The summed E-state index contributed by atoms with van der Waals surface area (Å²) in [5.41, 5.74) is 4.55. The van der Waals surface area contributed by atoms with Gasteiger partial charge in [-0.05, 0) is 75.6 Å². The fourth-order valence-electron chi connectivity index (χ4n) is 4.39. The number of benzene rings is 1. The Morgan fingerprint density at radius 2 is 1.74 bits per heavy atom. The number of ether oxygens (including phenoxy) is 1. The van der Waals surface area contributed by atoms with E-state index in [2.05, 4.69) is 0 Å². The summed E-state index contributed by atoms with van der Waals surface area (Å²) in [6.45, 7) is 0. The molecule has 0 spiro atoms. The molecule has 5 rings (SSSR count). The number of fused-ring (bicyclic) bond motifs is 3. The minimum atomic E-state index is 0.265. The lowest BCUT2D eigenvalue weighted by molar-refractivity contribution is 0.146. The van der Waals surface area contributed by atoms with Crippen LogP contribution in [-0.2, 0) is 12.8 Å². The number of halogens is 1. The van der Waals surface area contributed by atoms with Crippen molar-refractivity contribution in [1.82, 2.24) is 14.8 Å². The van der Waals surface area contributed by atoms with E-state index in [-0.39, 0.29) is 6.10 Å². The Morgan fingerprint density at radius 1 is 0.963 bits per heavy atom. The number of aromatic nitrogens is 3. The van der Waals surface area contributed by atoms with E-state index in [0.717, 1.165) is 53.2 Å². The van der Waals surface area contributed by atoms with E-state index in [1.165, 1.54) is 43.4 Å². The normalized spacial score (nSPS) is 17.8. The van der Waals surface area contributed by atoms with Crippen molar-refractivity contribution >= 4 is 22.5 Å². The van der Waals surface area contributed by atoms with Gasteiger partial charge < -0.3 is 4.74 Å². The quantitative estimate of drug-likeness (QED) is 0.587. The first-order valence-electron chi connectivity index (χ1n) is 10.1. The molecule has 1 saturated carbocycles. The minimum Gasteiger partial charge on any atom is -0.474 e. The van der Waals surface area contributed by atoms with Gasteiger partial charge in [0.25, 0.3) is 0 Å². The maximum Gasteiger partial charge on any atom is 0.226 e. The van der Waals surface area contributed by atoms with Gasteiger partial charge in [-0.3, -0.25) is 4.98 Å². The lowest BCUT2D eigenvalue weighted by atomic mass is 9.95. The SMILES string of the molecule is Clc1ccc(-n2nc3c4c(ncc3c2OC2CCCCC2)CCCC4)cc1. The molecule has 2 heterocycles. The molecule has 0 N–H and O–H groups in total. The zero-order chi connectivity index (χ0) is 18.2. The molecule has 0 radical (unpaired) electrons. The molecule has 27 heavy (non-hydrogen) atoms. The van der Waals surface area contributed by atoms with Crippen LogP contribution >= 0.6 is 11.6 Å². The van der Waals surface area contributed by atoms with Gasteiger partial charge in [-0.2, -0.15) is 9.78 Å². The first-order chi connectivity index (χ1) is 13.3. The van der Waals surface area contributed by atoms with Crippen LogP contribution in [-0.4, -0.2) is 20.9 Å². The highest BCUT2D eigenvalue weighted by atomic mass is 35.5. The molecule has 0 amide bonds. The second kappa shape index (κ2) is 7.16. The molecule has 1 aromatic carbocycles. The highest BCUT2D eigenvalue weighted by Crippen LogP contribution is 2.36. The second-order valence-electron chi connectivity index (χ2n) is 7.72. The van der Waals surface area contributed by atoms with Crippen molar-refractivity contribution in [3.05, 3.63) is 46.7 Å². The standard InChI is InChI=1S/C22H24ClN3O/c23-15-10-12-16(13-11-15)26-22(27-17-6-2-1-3-7-17)19-14-24-20-9-5-4-8-18(20)21(19)25-26/h10-14,17H,1-9H2. The monoisotopic (exact) mass is 381 g/mol. The molecule has 0 atom stereocenters. The molecule has 1 fully saturated rings. The summed E-state index contributed by atoms with van der Waals surface area (Å²) in [6, 6.07) is 7.81. The Bertz CT molecular complexity index is 958. The van der Waals surface area contributed by atoms with Gasteiger partial charge >= 0.3 is 0 Å². The summed E-state index contributed by atoms with van der Waals surface area (Å²) in [5, 5.41) is 6.76. The van der Waals surface area contributed by atoms with E-state index < -0.39 is 0 Å². The summed E-state index contributed by atoms with van der Waals surface area (Å²) < 4.78 is 8.49.